The van der Waals surface area contributed by atoms with Crippen molar-refractivity contribution < 1.29 is 9.63 Å². The Labute approximate surface area is 83.0 Å². The van der Waals surface area contributed by atoms with E-state index in [1.54, 1.807) is 0 Å². The molecule has 0 aromatic heterocycles. The molecule has 0 heterocycles. The first-order valence-corrected chi connectivity index (χ1v) is 4.49. The third-order valence-electron chi connectivity index (χ3n) is 1.62. The largest absolute Gasteiger partial charge is 0.370 e. The molecule has 1 aromatic carbocycles. The quantitative estimate of drug-likeness (QED) is 0.520. The van der Waals surface area contributed by atoms with Gasteiger partial charge in [0.05, 0.1) is 6.42 Å². The SMILES string of the molecule is NCCNOC(=O)Cc1ccccc1. The molecular formula is C10H14N2O2. The van der Waals surface area contributed by atoms with E-state index in [1.165, 1.54) is 0 Å². The summed E-state index contributed by atoms with van der Waals surface area (Å²) in [5.41, 5.74) is 8.63. The Morgan fingerprint density at radius 1 is 1.36 bits per heavy atom. The van der Waals surface area contributed by atoms with Crippen molar-refractivity contribution in [2.45, 2.75) is 6.42 Å². The van der Waals surface area contributed by atoms with Crippen LogP contribution in [0.4, 0.5) is 0 Å². The van der Waals surface area contributed by atoms with E-state index in [-0.39, 0.29) is 12.4 Å². The molecule has 0 fully saturated rings. The van der Waals surface area contributed by atoms with Crippen LogP contribution in [0.2, 0.25) is 0 Å². The van der Waals surface area contributed by atoms with Crippen molar-refractivity contribution in [3.63, 3.8) is 0 Å². The summed E-state index contributed by atoms with van der Waals surface area (Å²) in [5, 5.41) is 0. The lowest BCUT2D eigenvalue weighted by Gasteiger charge is -2.03. The summed E-state index contributed by atoms with van der Waals surface area (Å²) < 4.78 is 0. The normalized spacial score (nSPS) is 9.79. The van der Waals surface area contributed by atoms with Gasteiger partial charge >= 0.3 is 5.97 Å². The smallest absolute Gasteiger partial charge is 0.329 e. The number of hydrogen-bond acceptors (Lipinski definition) is 4. The molecule has 0 amide bonds. The zero-order valence-electron chi connectivity index (χ0n) is 7.90. The number of carbonyl (C=O) groups excluding carboxylic acids is 1. The van der Waals surface area contributed by atoms with Gasteiger partial charge in [-0.05, 0) is 5.56 Å². The van der Waals surface area contributed by atoms with Crippen molar-refractivity contribution in [2.75, 3.05) is 13.1 Å². The first-order chi connectivity index (χ1) is 6.83. The topological polar surface area (TPSA) is 64.3 Å². The van der Waals surface area contributed by atoms with Crippen molar-refractivity contribution in [1.29, 1.82) is 0 Å². The highest BCUT2D eigenvalue weighted by Gasteiger charge is 2.03. The first kappa shape index (κ1) is 10.7. The van der Waals surface area contributed by atoms with Gasteiger partial charge in [0.2, 0.25) is 0 Å². The fourth-order valence-electron chi connectivity index (χ4n) is 0.989. The van der Waals surface area contributed by atoms with Crippen LogP contribution in [-0.2, 0) is 16.1 Å². The van der Waals surface area contributed by atoms with Crippen molar-refractivity contribution in [1.82, 2.24) is 5.48 Å². The van der Waals surface area contributed by atoms with Gasteiger partial charge in [-0.2, -0.15) is 5.48 Å². The Kier molecular flexibility index (Phi) is 4.68. The summed E-state index contributed by atoms with van der Waals surface area (Å²) in [4.78, 5) is 15.9. The number of hydroxylamine groups is 1. The van der Waals surface area contributed by atoms with Crippen LogP contribution in [0.5, 0.6) is 0 Å². The van der Waals surface area contributed by atoms with Crippen molar-refractivity contribution in [3.8, 4) is 0 Å². The molecule has 0 radical (unpaired) electrons. The Hall–Kier alpha value is -1.39. The molecule has 0 spiro atoms. The Bertz CT molecular complexity index is 275. The monoisotopic (exact) mass is 194 g/mol. The molecule has 14 heavy (non-hydrogen) atoms. The summed E-state index contributed by atoms with van der Waals surface area (Å²) >= 11 is 0. The summed E-state index contributed by atoms with van der Waals surface area (Å²) in [6.07, 6.45) is 0.276. The maximum atomic E-state index is 11.2. The predicted octanol–water partition coefficient (Wildman–Crippen LogP) is 0.236. The third kappa shape index (κ3) is 4.02. The Balaban J connectivity index is 2.27. The average Bonchev–Trinajstić information content (AvgIpc) is 2.20. The minimum Gasteiger partial charge on any atom is -0.370 e. The summed E-state index contributed by atoms with van der Waals surface area (Å²) in [7, 11) is 0. The maximum absolute atomic E-state index is 11.2. The van der Waals surface area contributed by atoms with Gasteiger partial charge in [0.15, 0.2) is 0 Å². The molecule has 3 N–H and O–H groups in total. The van der Waals surface area contributed by atoms with E-state index in [0.717, 1.165) is 5.56 Å². The number of nitrogens with one attached hydrogen (secondary N) is 1. The van der Waals surface area contributed by atoms with E-state index in [0.29, 0.717) is 13.1 Å². The molecule has 0 aliphatic rings. The van der Waals surface area contributed by atoms with Gasteiger partial charge in [0, 0.05) is 13.1 Å². The third-order valence-corrected chi connectivity index (χ3v) is 1.62. The van der Waals surface area contributed by atoms with Crippen LogP contribution >= 0.6 is 0 Å². The van der Waals surface area contributed by atoms with Crippen molar-refractivity contribution in [3.05, 3.63) is 35.9 Å². The minimum atomic E-state index is -0.301. The highest BCUT2D eigenvalue weighted by atomic mass is 16.7. The zero-order valence-corrected chi connectivity index (χ0v) is 7.90. The molecule has 4 nitrogen and oxygen atoms in total. The number of benzene rings is 1. The van der Waals surface area contributed by atoms with Gasteiger partial charge in [-0.3, -0.25) is 4.79 Å². The zero-order chi connectivity index (χ0) is 10.2. The number of rotatable bonds is 5. The fraction of sp³-hybridized carbons (Fsp3) is 0.300. The molecule has 76 valence electrons. The van der Waals surface area contributed by atoms with Crippen LogP contribution in [0, 0.1) is 0 Å². The highest BCUT2D eigenvalue weighted by Crippen LogP contribution is 1.99. The van der Waals surface area contributed by atoms with Gasteiger partial charge in [-0.25, -0.2) is 0 Å². The van der Waals surface area contributed by atoms with Gasteiger partial charge in [0.25, 0.3) is 0 Å². The maximum Gasteiger partial charge on any atom is 0.329 e. The van der Waals surface area contributed by atoms with Gasteiger partial charge in [0.1, 0.15) is 0 Å². The van der Waals surface area contributed by atoms with Crippen LogP contribution in [0.15, 0.2) is 30.3 Å². The lowest BCUT2D eigenvalue weighted by atomic mass is 10.2. The molecular weight excluding hydrogens is 180 g/mol. The number of carbonyl (C=O) groups is 1. The molecule has 1 aromatic rings. The second-order valence-electron chi connectivity index (χ2n) is 2.82. The number of hydrogen-bond donors (Lipinski definition) is 2. The molecule has 4 heteroatoms. The molecule has 0 saturated carbocycles. The van der Waals surface area contributed by atoms with Gasteiger partial charge < -0.3 is 10.6 Å². The lowest BCUT2D eigenvalue weighted by molar-refractivity contribution is -0.150. The molecule has 1 rings (SSSR count). The summed E-state index contributed by atoms with van der Waals surface area (Å²) in [6.45, 7) is 0.916. The van der Waals surface area contributed by atoms with Gasteiger partial charge in [-0.15, -0.1) is 0 Å². The minimum absolute atomic E-state index is 0.276. The second kappa shape index (κ2) is 6.12. The lowest BCUT2D eigenvalue weighted by Crippen LogP contribution is -2.26. The van der Waals surface area contributed by atoms with Gasteiger partial charge in [-0.1, -0.05) is 30.3 Å². The highest BCUT2D eigenvalue weighted by molar-refractivity contribution is 5.72. The molecule has 0 unspecified atom stereocenters. The Morgan fingerprint density at radius 2 is 2.07 bits per heavy atom. The Morgan fingerprint density at radius 3 is 2.71 bits per heavy atom. The van der Waals surface area contributed by atoms with E-state index in [4.69, 9.17) is 10.6 Å². The standard InChI is InChI=1S/C10H14N2O2/c11-6-7-12-14-10(13)8-9-4-2-1-3-5-9/h1-5,12H,6-8,11H2. The van der Waals surface area contributed by atoms with Crippen LogP contribution in [0.1, 0.15) is 5.56 Å². The van der Waals surface area contributed by atoms with E-state index in [1.807, 2.05) is 30.3 Å². The summed E-state index contributed by atoms with van der Waals surface area (Å²) in [6, 6.07) is 9.43. The molecule has 0 aliphatic carbocycles. The van der Waals surface area contributed by atoms with Crippen LogP contribution < -0.4 is 11.2 Å². The van der Waals surface area contributed by atoms with E-state index in [2.05, 4.69) is 5.48 Å². The molecule has 0 bridgehead atoms. The van der Waals surface area contributed by atoms with E-state index in [9.17, 15) is 4.79 Å². The fourth-order valence-corrected chi connectivity index (χ4v) is 0.989. The van der Waals surface area contributed by atoms with E-state index < -0.39 is 0 Å². The van der Waals surface area contributed by atoms with Crippen LogP contribution in [-0.4, -0.2) is 19.1 Å². The van der Waals surface area contributed by atoms with Crippen molar-refractivity contribution in [2.24, 2.45) is 5.73 Å². The van der Waals surface area contributed by atoms with Crippen LogP contribution in [0.25, 0.3) is 0 Å². The number of nitrogens with two attached hydrogens (primary N) is 1. The van der Waals surface area contributed by atoms with Crippen LogP contribution in [0.3, 0.4) is 0 Å². The summed E-state index contributed by atoms with van der Waals surface area (Å²) in [5.74, 6) is -0.301. The average molecular weight is 194 g/mol. The first-order valence-electron chi connectivity index (χ1n) is 4.49. The van der Waals surface area contributed by atoms with Crippen molar-refractivity contribution >= 4 is 5.97 Å². The molecule has 0 saturated heterocycles. The molecule has 0 aliphatic heterocycles. The molecule has 0 atom stereocenters. The predicted molar refractivity (Wildman–Crippen MR) is 53.3 cm³/mol. The van der Waals surface area contributed by atoms with E-state index >= 15 is 0 Å². The second-order valence-corrected chi connectivity index (χ2v) is 2.82.